The lowest BCUT2D eigenvalue weighted by Crippen LogP contribution is -2.28. The van der Waals surface area contributed by atoms with Crippen molar-refractivity contribution >= 4 is 17.3 Å². The van der Waals surface area contributed by atoms with Crippen LogP contribution in [0.4, 0.5) is 0 Å². The van der Waals surface area contributed by atoms with E-state index in [-0.39, 0.29) is 12.0 Å². The van der Waals surface area contributed by atoms with Gasteiger partial charge in [0.05, 0.1) is 6.04 Å². The number of rotatable bonds is 2. The number of nitrogens with one attached hydrogen (secondary N) is 1. The van der Waals surface area contributed by atoms with E-state index in [4.69, 9.17) is 10.9 Å². The van der Waals surface area contributed by atoms with Crippen LogP contribution in [0.1, 0.15) is 22.7 Å². The topological polar surface area (TPSA) is 70.6 Å². The molecule has 1 aromatic rings. The molecule has 13 heavy (non-hydrogen) atoms. The number of aryl methyl sites for hydroxylation is 1. The van der Waals surface area contributed by atoms with Crippen LogP contribution < -0.4 is 11.2 Å². The fourth-order valence-electron chi connectivity index (χ4n) is 0.979. The van der Waals surface area contributed by atoms with E-state index in [0.717, 1.165) is 4.88 Å². The van der Waals surface area contributed by atoms with E-state index < -0.39 is 0 Å². The van der Waals surface area contributed by atoms with Crippen LogP contribution >= 0.6 is 11.3 Å². The van der Waals surface area contributed by atoms with Crippen molar-refractivity contribution in [3.63, 3.8) is 0 Å². The highest BCUT2D eigenvalue weighted by molar-refractivity contribution is 7.12. The van der Waals surface area contributed by atoms with E-state index in [2.05, 4.69) is 4.99 Å². The molecule has 4 nitrogen and oxygen atoms in total. The second-order valence-electron chi connectivity index (χ2n) is 2.75. The Bertz CT molecular complexity index is 308. The summed E-state index contributed by atoms with van der Waals surface area (Å²) >= 11 is 1.68. The third-order valence-corrected chi connectivity index (χ3v) is 2.79. The van der Waals surface area contributed by atoms with E-state index >= 15 is 0 Å². The number of hydrogen-bond donors (Lipinski definition) is 3. The first-order valence-electron chi connectivity index (χ1n) is 3.93. The Labute approximate surface area is 81.1 Å². The molecule has 0 radical (unpaired) electrons. The van der Waals surface area contributed by atoms with Crippen molar-refractivity contribution in [3.05, 3.63) is 21.9 Å². The van der Waals surface area contributed by atoms with Crippen molar-refractivity contribution in [1.82, 2.24) is 5.48 Å². The average molecular weight is 199 g/mol. The van der Waals surface area contributed by atoms with Crippen LogP contribution in [0.3, 0.4) is 0 Å². The molecule has 0 bridgehead atoms. The molecule has 0 aliphatic heterocycles. The number of nitrogens with zero attached hydrogens (tertiary/aromatic N) is 1. The Morgan fingerprint density at radius 3 is 2.85 bits per heavy atom. The maximum atomic E-state index is 8.43. The third-order valence-electron chi connectivity index (χ3n) is 1.62. The molecule has 0 saturated carbocycles. The van der Waals surface area contributed by atoms with E-state index in [1.54, 1.807) is 16.8 Å². The fourth-order valence-corrected chi connectivity index (χ4v) is 1.85. The molecule has 1 heterocycles. The molecule has 1 unspecified atom stereocenters. The highest BCUT2D eigenvalue weighted by Gasteiger charge is 2.05. The summed E-state index contributed by atoms with van der Waals surface area (Å²) in [5.41, 5.74) is 7.12. The average Bonchev–Trinajstić information content (AvgIpc) is 2.51. The van der Waals surface area contributed by atoms with Gasteiger partial charge in [0.15, 0.2) is 0 Å². The molecule has 1 atom stereocenters. The first kappa shape index (κ1) is 10.0. The second kappa shape index (κ2) is 4.25. The van der Waals surface area contributed by atoms with Gasteiger partial charge in [0, 0.05) is 9.75 Å². The predicted molar refractivity (Wildman–Crippen MR) is 54.0 cm³/mol. The second-order valence-corrected chi connectivity index (χ2v) is 4.07. The van der Waals surface area contributed by atoms with Crippen molar-refractivity contribution in [3.8, 4) is 0 Å². The number of hydroxylamine groups is 1. The van der Waals surface area contributed by atoms with Gasteiger partial charge in [-0.15, -0.1) is 11.3 Å². The van der Waals surface area contributed by atoms with Crippen LogP contribution in [0.25, 0.3) is 0 Å². The third kappa shape index (κ3) is 2.71. The largest absolute Gasteiger partial charge is 0.368 e. The summed E-state index contributed by atoms with van der Waals surface area (Å²) in [5, 5.41) is 8.43. The lowest BCUT2D eigenvalue weighted by atomic mass is 10.3. The molecular formula is C8H13N3OS. The first-order valence-corrected chi connectivity index (χ1v) is 4.75. The highest BCUT2D eigenvalue weighted by atomic mass is 32.1. The number of nitrogens with two attached hydrogens (primary N) is 1. The molecule has 72 valence electrons. The van der Waals surface area contributed by atoms with Gasteiger partial charge in [0.25, 0.3) is 0 Å². The maximum Gasteiger partial charge on any atom is 0.213 e. The Morgan fingerprint density at radius 1 is 1.69 bits per heavy atom. The standard InChI is InChI=1S/C8H13N3OS/c1-5-3-4-7(13-5)6(2)10-8(9)11-12/h3-4,6,12H,1-2H3,(H3,9,10,11). The van der Waals surface area contributed by atoms with E-state index in [9.17, 15) is 0 Å². The minimum atomic E-state index is -0.0154. The molecule has 0 aliphatic rings. The summed E-state index contributed by atoms with van der Waals surface area (Å²) in [6.45, 7) is 3.97. The number of thiophene rings is 1. The molecule has 1 rings (SSSR count). The molecule has 0 fully saturated rings. The number of hydrogen-bond acceptors (Lipinski definition) is 3. The first-order chi connectivity index (χ1) is 6.13. The zero-order valence-corrected chi connectivity index (χ0v) is 8.43. The van der Waals surface area contributed by atoms with Gasteiger partial charge in [-0.25, -0.2) is 10.5 Å². The minimum Gasteiger partial charge on any atom is -0.368 e. The molecule has 4 N–H and O–H groups in total. The lowest BCUT2D eigenvalue weighted by Gasteiger charge is -2.04. The summed E-state index contributed by atoms with van der Waals surface area (Å²) in [4.78, 5) is 6.40. The van der Waals surface area contributed by atoms with Crippen molar-refractivity contribution in [2.45, 2.75) is 19.9 Å². The van der Waals surface area contributed by atoms with E-state index in [1.807, 2.05) is 26.0 Å². The van der Waals surface area contributed by atoms with Crippen LogP contribution in [0.2, 0.25) is 0 Å². The SMILES string of the molecule is Cc1ccc(C(C)N=C(N)NO)s1. The maximum absolute atomic E-state index is 8.43. The summed E-state index contributed by atoms with van der Waals surface area (Å²) in [7, 11) is 0. The van der Waals surface area contributed by atoms with Crippen molar-refractivity contribution in [2.75, 3.05) is 0 Å². The zero-order valence-electron chi connectivity index (χ0n) is 7.61. The zero-order chi connectivity index (χ0) is 9.84. The van der Waals surface area contributed by atoms with Crippen LogP contribution in [-0.4, -0.2) is 11.2 Å². The predicted octanol–water partition coefficient (Wildman–Crippen LogP) is 1.41. The molecule has 1 aromatic heterocycles. The van der Waals surface area contributed by atoms with Crippen LogP contribution in [-0.2, 0) is 0 Å². The number of aliphatic imine (C=N–C) groups is 1. The Balaban J connectivity index is 2.74. The quantitative estimate of drug-likeness (QED) is 0.383. The van der Waals surface area contributed by atoms with Gasteiger partial charge in [0.2, 0.25) is 5.96 Å². The molecule has 0 aliphatic carbocycles. The Kier molecular flexibility index (Phi) is 3.27. The summed E-state index contributed by atoms with van der Waals surface area (Å²) in [5.74, 6) is 0.0403. The van der Waals surface area contributed by atoms with Gasteiger partial charge >= 0.3 is 0 Å². The number of guanidine groups is 1. The van der Waals surface area contributed by atoms with Crippen molar-refractivity contribution < 1.29 is 5.21 Å². The van der Waals surface area contributed by atoms with Crippen LogP contribution in [0.15, 0.2) is 17.1 Å². The van der Waals surface area contributed by atoms with E-state index in [0.29, 0.717) is 0 Å². The molecule has 5 heteroatoms. The minimum absolute atomic E-state index is 0.0154. The van der Waals surface area contributed by atoms with Crippen LogP contribution in [0.5, 0.6) is 0 Å². The summed E-state index contributed by atoms with van der Waals surface area (Å²) < 4.78 is 0. The molecule has 0 saturated heterocycles. The summed E-state index contributed by atoms with van der Waals surface area (Å²) in [6, 6.07) is 4.03. The van der Waals surface area contributed by atoms with E-state index in [1.165, 1.54) is 4.88 Å². The van der Waals surface area contributed by atoms with Crippen molar-refractivity contribution in [2.24, 2.45) is 10.7 Å². The monoisotopic (exact) mass is 199 g/mol. The van der Waals surface area contributed by atoms with Crippen LogP contribution in [0, 0.1) is 6.92 Å². The highest BCUT2D eigenvalue weighted by Crippen LogP contribution is 2.24. The van der Waals surface area contributed by atoms with Gasteiger partial charge < -0.3 is 5.73 Å². The Hall–Kier alpha value is -1.07. The van der Waals surface area contributed by atoms with Gasteiger partial charge in [-0.2, -0.15) is 0 Å². The molecule has 0 spiro atoms. The van der Waals surface area contributed by atoms with Crippen molar-refractivity contribution in [1.29, 1.82) is 0 Å². The van der Waals surface area contributed by atoms with Gasteiger partial charge in [-0.3, -0.25) is 5.21 Å². The smallest absolute Gasteiger partial charge is 0.213 e. The van der Waals surface area contributed by atoms with Gasteiger partial charge in [-0.1, -0.05) is 0 Å². The van der Waals surface area contributed by atoms with Gasteiger partial charge in [-0.05, 0) is 26.0 Å². The van der Waals surface area contributed by atoms with Gasteiger partial charge in [0.1, 0.15) is 0 Å². The summed E-state index contributed by atoms with van der Waals surface area (Å²) in [6.07, 6.45) is 0. The molecular weight excluding hydrogens is 186 g/mol. The Morgan fingerprint density at radius 2 is 2.38 bits per heavy atom. The fraction of sp³-hybridized carbons (Fsp3) is 0.375. The molecule has 0 amide bonds. The molecule has 0 aromatic carbocycles. The lowest BCUT2D eigenvalue weighted by molar-refractivity contribution is 0.232. The normalized spacial score (nSPS) is 14.2.